The molecule has 0 saturated heterocycles. The van der Waals surface area contributed by atoms with Crippen LogP contribution >= 0.6 is 0 Å². The Balaban J connectivity index is 3.00. The van der Waals surface area contributed by atoms with Crippen LogP contribution in [0.1, 0.15) is 0 Å². The summed E-state index contributed by atoms with van der Waals surface area (Å²) >= 11 is 0. The molecule has 0 aromatic carbocycles. The first-order valence-corrected chi connectivity index (χ1v) is 3.28. The Kier molecular flexibility index (Phi) is 2.54. The summed E-state index contributed by atoms with van der Waals surface area (Å²) in [6.45, 7) is 0. The Morgan fingerprint density at radius 3 is 3.00 bits per heavy atom. The van der Waals surface area contributed by atoms with Gasteiger partial charge in [0.05, 0.1) is 4.92 Å². The second kappa shape index (κ2) is 3.63. The van der Waals surface area contributed by atoms with Crippen LogP contribution in [0.3, 0.4) is 0 Å². The lowest BCUT2D eigenvalue weighted by Crippen LogP contribution is -2.17. The smallest absolute Gasteiger partial charge is 0.300 e. The molecule has 0 aliphatic rings. The molecule has 1 heterocycles. The van der Waals surface area contributed by atoms with Gasteiger partial charge in [0.25, 0.3) is 0 Å². The lowest BCUT2D eigenvalue weighted by molar-refractivity contribution is -0.384. The van der Waals surface area contributed by atoms with E-state index in [0.29, 0.717) is 0 Å². The van der Waals surface area contributed by atoms with E-state index in [4.69, 9.17) is 0 Å². The average Bonchev–Trinajstić information content (AvgIpc) is 2.05. The number of pyridine rings is 1. The number of nitrogens with zero attached hydrogens (tertiary/aromatic N) is 2. The molecule has 6 nitrogen and oxygen atoms in total. The highest BCUT2D eigenvalue weighted by Gasteiger charge is 2.12. The zero-order valence-electron chi connectivity index (χ0n) is 6.44. The van der Waals surface area contributed by atoms with Crippen LogP contribution in [0, 0.1) is 10.1 Å². The predicted octanol–water partition coefficient (Wildman–Crippen LogP) is 0.536. The van der Waals surface area contributed by atoms with Crippen molar-refractivity contribution in [3.05, 3.63) is 28.4 Å². The van der Waals surface area contributed by atoms with E-state index in [9.17, 15) is 10.1 Å². The summed E-state index contributed by atoms with van der Waals surface area (Å²) in [4.78, 5) is 13.7. The molecule has 0 amide bonds. The van der Waals surface area contributed by atoms with Crippen LogP contribution in [0.15, 0.2) is 18.3 Å². The summed E-state index contributed by atoms with van der Waals surface area (Å²) in [5.41, 5.74) is 5.07. The van der Waals surface area contributed by atoms with Crippen molar-refractivity contribution in [2.24, 2.45) is 0 Å². The zero-order chi connectivity index (χ0) is 8.97. The van der Waals surface area contributed by atoms with Gasteiger partial charge in [-0.25, -0.2) is 10.4 Å². The number of nitro groups is 1. The molecule has 0 bridgehead atoms. The van der Waals surface area contributed by atoms with Gasteiger partial charge in [0, 0.05) is 19.3 Å². The van der Waals surface area contributed by atoms with Crippen molar-refractivity contribution in [3.8, 4) is 0 Å². The van der Waals surface area contributed by atoms with E-state index in [1.165, 1.54) is 18.3 Å². The summed E-state index contributed by atoms with van der Waals surface area (Å²) < 4.78 is 0. The van der Waals surface area contributed by atoms with Crippen LogP contribution in [0.5, 0.6) is 0 Å². The van der Waals surface area contributed by atoms with Gasteiger partial charge < -0.3 is 5.43 Å². The molecule has 1 rings (SSSR count). The fourth-order valence-corrected chi connectivity index (χ4v) is 0.759. The summed E-state index contributed by atoms with van der Waals surface area (Å²) in [5.74, 6) is 0.213. The van der Waals surface area contributed by atoms with E-state index in [1.807, 2.05) is 0 Å². The molecular weight excluding hydrogens is 160 g/mol. The molecule has 0 spiro atoms. The van der Waals surface area contributed by atoms with E-state index in [1.54, 1.807) is 7.05 Å². The fraction of sp³-hybridized carbons (Fsp3) is 0.167. The number of rotatable bonds is 3. The maximum Gasteiger partial charge on any atom is 0.312 e. The normalized spacial score (nSPS) is 9.42. The Bertz CT molecular complexity index is 289. The van der Waals surface area contributed by atoms with Crippen LogP contribution in [-0.2, 0) is 0 Å². The fourth-order valence-electron chi connectivity index (χ4n) is 0.759. The second-order valence-electron chi connectivity index (χ2n) is 2.00. The van der Waals surface area contributed by atoms with Crippen molar-refractivity contribution in [2.75, 3.05) is 12.5 Å². The van der Waals surface area contributed by atoms with Crippen LogP contribution < -0.4 is 10.9 Å². The monoisotopic (exact) mass is 168 g/mol. The summed E-state index contributed by atoms with van der Waals surface area (Å²) in [6, 6.07) is 2.89. The van der Waals surface area contributed by atoms with Gasteiger partial charge in [0.2, 0.25) is 5.82 Å². The van der Waals surface area contributed by atoms with Gasteiger partial charge in [0.15, 0.2) is 0 Å². The van der Waals surface area contributed by atoms with Crippen LogP contribution in [0.2, 0.25) is 0 Å². The van der Waals surface area contributed by atoms with Crippen LogP contribution in [0.25, 0.3) is 0 Å². The molecule has 2 N–H and O–H groups in total. The summed E-state index contributed by atoms with van der Waals surface area (Å²) in [7, 11) is 1.61. The molecule has 1 aromatic rings. The van der Waals surface area contributed by atoms with Gasteiger partial charge in [-0.2, -0.15) is 0 Å². The van der Waals surface area contributed by atoms with Gasteiger partial charge in [0.1, 0.15) is 0 Å². The van der Waals surface area contributed by atoms with E-state index >= 15 is 0 Å². The first-order chi connectivity index (χ1) is 5.75. The van der Waals surface area contributed by atoms with Crippen molar-refractivity contribution in [2.45, 2.75) is 0 Å². The third kappa shape index (κ3) is 1.67. The van der Waals surface area contributed by atoms with Crippen molar-refractivity contribution < 1.29 is 4.92 Å². The van der Waals surface area contributed by atoms with E-state index < -0.39 is 4.92 Å². The highest BCUT2D eigenvalue weighted by Crippen LogP contribution is 2.18. The first-order valence-electron chi connectivity index (χ1n) is 3.28. The number of nitrogens with one attached hydrogen (secondary N) is 2. The van der Waals surface area contributed by atoms with Gasteiger partial charge in [-0.05, 0) is 6.07 Å². The maximum atomic E-state index is 10.4. The number of hydrogen-bond donors (Lipinski definition) is 2. The van der Waals surface area contributed by atoms with Gasteiger partial charge >= 0.3 is 5.69 Å². The lowest BCUT2D eigenvalue weighted by atomic mass is 10.4. The SMILES string of the molecule is CNNc1ncccc1[N+](=O)[O-]. The molecule has 6 heteroatoms. The molecule has 0 radical (unpaired) electrons. The van der Waals surface area contributed by atoms with Gasteiger partial charge in [-0.15, -0.1) is 0 Å². The molecule has 64 valence electrons. The zero-order valence-corrected chi connectivity index (χ0v) is 6.44. The summed E-state index contributed by atoms with van der Waals surface area (Å²) in [6.07, 6.45) is 1.48. The van der Waals surface area contributed by atoms with E-state index in [2.05, 4.69) is 15.8 Å². The largest absolute Gasteiger partial charge is 0.312 e. The molecule has 0 atom stereocenters. The molecule has 1 aromatic heterocycles. The Morgan fingerprint density at radius 1 is 1.67 bits per heavy atom. The molecule has 12 heavy (non-hydrogen) atoms. The summed E-state index contributed by atoms with van der Waals surface area (Å²) in [5, 5.41) is 10.4. The van der Waals surface area contributed by atoms with Crippen molar-refractivity contribution >= 4 is 11.5 Å². The van der Waals surface area contributed by atoms with Crippen LogP contribution in [0.4, 0.5) is 11.5 Å². The van der Waals surface area contributed by atoms with Crippen molar-refractivity contribution in [1.29, 1.82) is 0 Å². The van der Waals surface area contributed by atoms with Gasteiger partial charge in [-0.3, -0.25) is 10.1 Å². The van der Waals surface area contributed by atoms with Crippen molar-refractivity contribution in [3.63, 3.8) is 0 Å². The lowest BCUT2D eigenvalue weighted by Gasteiger charge is -2.01. The molecule has 0 fully saturated rings. The first kappa shape index (κ1) is 8.41. The predicted molar refractivity (Wildman–Crippen MR) is 43.6 cm³/mol. The Labute approximate surface area is 68.7 Å². The van der Waals surface area contributed by atoms with Gasteiger partial charge in [-0.1, -0.05) is 0 Å². The molecule has 0 aliphatic heterocycles. The number of hydrogen-bond acceptors (Lipinski definition) is 5. The third-order valence-corrected chi connectivity index (χ3v) is 1.23. The molecule has 0 unspecified atom stereocenters. The van der Waals surface area contributed by atoms with Crippen molar-refractivity contribution in [1.82, 2.24) is 10.4 Å². The Hall–Kier alpha value is -1.69. The molecule has 0 saturated carbocycles. The second-order valence-corrected chi connectivity index (χ2v) is 2.00. The van der Waals surface area contributed by atoms with E-state index in [0.717, 1.165) is 0 Å². The Morgan fingerprint density at radius 2 is 2.42 bits per heavy atom. The minimum atomic E-state index is -0.493. The number of hydrazine groups is 1. The average molecular weight is 168 g/mol. The highest BCUT2D eigenvalue weighted by molar-refractivity contribution is 5.54. The molecular formula is C6H8N4O2. The number of anilines is 1. The quantitative estimate of drug-likeness (QED) is 0.508. The standard InChI is InChI=1S/C6H8N4O2/c1-7-9-6-5(10(11)12)3-2-4-8-6/h2-4,7H,1H3,(H,8,9). The maximum absolute atomic E-state index is 10.4. The highest BCUT2D eigenvalue weighted by atomic mass is 16.6. The number of aromatic nitrogens is 1. The van der Waals surface area contributed by atoms with Crippen LogP contribution in [-0.4, -0.2) is 17.0 Å². The topological polar surface area (TPSA) is 80.1 Å². The van der Waals surface area contributed by atoms with E-state index in [-0.39, 0.29) is 11.5 Å². The third-order valence-electron chi connectivity index (χ3n) is 1.23. The minimum Gasteiger partial charge on any atom is -0.300 e. The minimum absolute atomic E-state index is 0.0492. The molecule has 0 aliphatic carbocycles.